The molecule has 0 aromatic carbocycles. The number of pyridine rings is 1. The van der Waals surface area contributed by atoms with Crippen LogP contribution in [0.5, 0.6) is 0 Å². The molecular formula is C12H18N2O3. The number of aryl methyl sites for hydroxylation is 1. The molecule has 0 aliphatic rings. The second kappa shape index (κ2) is 6.32. The molecule has 1 aromatic rings. The molecule has 0 radical (unpaired) electrons. The van der Waals surface area contributed by atoms with Gasteiger partial charge in [-0.1, -0.05) is 0 Å². The van der Waals surface area contributed by atoms with Crippen molar-refractivity contribution in [1.82, 2.24) is 10.3 Å². The second-order valence-corrected chi connectivity index (χ2v) is 3.79. The number of nitrogens with one attached hydrogen (secondary N) is 1. The van der Waals surface area contributed by atoms with Gasteiger partial charge in [-0.15, -0.1) is 0 Å². The van der Waals surface area contributed by atoms with E-state index in [1.807, 2.05) is 13.8 Å². The van der Waals surface area contributed by atoms with Crippen LogP contribution in [0.2, 0.25) is 0 Å². The molecule has 1 unspecified atom stereocenters. The van der Waals surface area contributed by atoms with Gasteiger partial charge in [0.25, 0.3) is 5.91 Å². The zero-order valence-electron chi connectivity index (χ0n) is 10.6. The molecule has 1 heterocycles. The van der Waals surface area contributed by atoms with Crippen molar-refractivity contribution in [2.45, 2.75) is 26.2 Å². The fraction of sp³-hybridized carbons (Fsp3) is 0.500. The van der Waals surface area contributed by atoms with E-state index in [1.54, 1.807) is 18.3 Å². The minimum absolute atomic E-state index is 0.191. The molecule has 1 aromatic heterocycles. The van der Waals surface area contributed by atoms with Gasteiger partial charge in [-0.25, -0.2) is 0 Å². The zero-order valence-corrected chi connectivity index (χ0v) is 10.6. The molecule has 94 valence electrons. The Kier molecular flexibility index (Phi) is 5.06. The van der Waals surface area contributed by atoms with Crippen molar-refractivity contribution in [2.24, 2.45) is 0 Å². The number of ether oxygens (including phenoxy) is 2. The largest absolute Gasteiger partial charge is 0.354 e. The van der Waals surface area contributed by atoms with Gasteiger partial charge in [-0.2, -0.15) is 0 Å². The molecule has 5 heteroatoms. The Balaban J connectivity index is 2.62. The molecule has 0 aliphatic heterocycles. The van der Waals surface area contributed by atoms with E-state index >= 15 is 0 Å². The highest BCUT2D eigenvalue weighted by molar-refractivity contribution is 5.94. The normalized spacial score (nSPS) is 12.5. The Hall–Kier alpha value is -1.46. The summed E-state index contributed by atoms with van der Waals surface area (Å²) in [4.78, 5) is 15.9. The van der Waals surface area contributed by atoms with Crippen molar-refractivity contribution < 1.29 is 14.3 Å². The first-order chi connectivity index (χ1) is 8.08. The van der Waals surface area contributed by atoms with Gasteiger partial charge in [-0.05, 0) is 26.0 Å². The maximum Gasteiger partial charge on any atom is 0.253 e. The van der Waals surface area contributed by atoms with Gasteiger partial charge in [0.15, 0.2) is 6.29 Å². The van der Waals surface area contributed by atoms with E-state index in [4.69, 9.17) is 9.47 Å². The molecule has 5 nitrogen and oxygen atoms in total. The third kappa shape index (κ3) is 3.80. The lowest BCUT2D eigenvalue weighted by atomic mass is 10.2. The summed E-state index contributed by atoms with van der Waals surface area (Å²) in [5, 5.41) is 2.79. The third-order valence-corrected chi connectivity index (χ3v) is 2.41. The predicted molar refractivity (Wildman–Crippen MR) is 63.7 cm³/mol. The number of carbonyl (C=O) groups excluding carboxylic acids is 1. The Morgan fingerprint density at radius 1 is 1.35 bits per heavy atom. The zero-order chi connectivity index (χ0) is 12.8. The van der Waals surface area contributed by atoms with Crippen LogP contribution < -0.4 is 5.32 Å². The van der Waals surface area contributed by atoms with Crippen LogP contribution in [-0.4, -0.2) is 37.4 Å². The summed E-state index contributed by atoms with van der Waals surface area (Å²) in [6, 6.07) is 3.29. The van der Waals surface area contributed by atoms with Gasteiger partial charge in [0.05, 0.1) is 11.6 Å². The van der Waals surface area contributed by atoms with E-state index < -0.39 is 6.29 Å². The van der Waals surface area contributed by atoms with Crippen molar-refractivity contribution in [1.29, 1.82) is 0 Å². The van der Waals surface area contributed by atoms with Gasteiger partial charge in [0.2, 0.25) is 0 Å². The summed E-state index contributed by atoms with van der Waals surface area (Å²) in [7, 11) is 3.06. The first-order valence-electron chi connectivity index (χ1n) is 5.37. The SMILES string of the molecule is COC(OC)C(C)NC(=O)c1ccc(C)nc1. The lowest BCUT2D eigenvalue weighted by Gasteiger charge is -2.22. The fourth-order valence-corrected chi connectivity index (χ4v) is 1.46. The van der Waals surface area contributed by atoms with Crippen LogP contribution in [0.4, 0.5) is 0 Å². The van der Waals surface area contributed by atoms with Crippen molar-refractivity contribution in [3.05, 3.63) is 29.6 Å². The van der Waals surface area contributed by atoms with E-state index in [1.165, 1.54) is 14.2 Å². The molecule has 1 atom stereocenters. The number of methoxy groups -OCH3 is 2. The van der Waals surface area contributed by atoms with E-state index in [0.717, 1.165) is 5.69 Å². The van der Waals surface area contributed by atoms with Gasteiger partial charge in [0.1, 0.15) is 0 Å². The quantitative estimate of drug-likeness (QED) is 0.781. The highest BCUT2D eigenvalue weighted by Crippen LogP contribution is 2.03. The molecule has 17 heavy (non-hydrogen) atoms. The van der Waals surface area contributed by atoms with Gasteiger partial charge < -0.3 is 14.8 Å². The summed E-state index contributed by atoms with van der Waals surface area (Å²) < 4.78 is 10.1. The number of nitrogens with zero attached hydrogens (tertiary/aromatic N) is 1. The minimum Gasteiger partial charge on any atom is -0.354 e. The molecular weight excluding hydrogens is 220 g/mol. The number of hydrogen-bond donors (Lipinski definition) is 1. The van der Waals surface area contributed by atoms with Crippen molar-refractivity contribution in [3.8, 4) is 0 Å². The Bertz CT molecular complexity index is 361. The van der Waals surface area contributed by atoms with E-state index in [-0.39, 0.29) is 11.9 Å². The summed E-state index contributed by atoms with van der Waals surface area (Å²) in [6.07, 6.45) is 1.09. The Morgan fingerprint density at radius 3 is 2.47 bits per heavy atom. The van der Waals surface area contributed by atoms with Gasteiger partial charge in [-0.3, -0.25) is 9.78 Å². The number of amides is 1. The van der Waals surface area contributed by atoms with Crippen LogP contribution in [0.25, 0.3) is 0 Å². The first-order valence-corrected chi connectivity index (χ1v) is 5.37. The summed E-state index contributed by atoms with van der Waals surface area (Å²) in [6.45, 7) is 3.69. The van der Waals surface area contributed by atoms with Crippen LogP contribution in [0.15, 0.2) is 18.3 Å². The Morgan fingerprint density at radius 2 is 2.00 bits per heavy atom. The second-order valence-electron chi connectivity index (χ2n) is 3.79. The lowest BCUT2D eigenvalue weighted by molar-refractivity contribution is -0.117. The van der Waals surface area contributed by atoms with E-state index in [0.29, 0.717) is 5.56 Å². The first kappa shape index (κ1) is 13.6. The van der Waals surface area contributed by atoms with Crippen LogP contribution >= 0.6 is 0 Å². The fourth-order valence-electron chi connectivity index (χ4n) is 1.46. The maximum absolute atomic E-state index is 11.8. The molecule has 0 spiro atoms. The summed E-state index contributed by atoms with van der Waals surface area (Å²) in [5.41, 5.74) is 1.40. The summed E-state index contributed by atoms with van der Waals surface area (Å²) in [5.74, 6) is -0.191. The average molecular weight is 238 g/mol. The molecule has 1 rings (SSSR count). The highest BCUT2D eigenvalue weighted by atomic mass is 16.7. The topological polar surface area (TPSA) is 60.5 Å². The number of carbonyl (C=O) groups is 1. The number of hydrogen-bond acceptors (Lipinski definition) is 4. The standard InChI is InChI=1S/C12H18N2O3/c1-8-5-6-10(7-13-8)11(15)14-9(2)12(16-3)17-4/h5-7,9,12H,1-4H3,(H,14,15). The van der Waals surface area contributed by atoms with Crippen molar-refractivity contribution in [3.63, 3.8) is 0 Å². The molecule has 0 bridgehead atoms. The molecule has 0 saturated heterocycles. The van der Waals surface area contributed by atoms with Gasteiger partial charge in [0, 0.05) is 26.1 Å². The smallest absolute Gasteiger partial charge is 0.253 e. The van der Waals surface area contributed by atoms with E-state index in [9.17, 15) is 4.79 Å². The third-order valence-electron chi connectivity index (χ3n) is 2.41. The van der Waals surface area contributed by atoms with Crippen LogP contribution in [0.3, 0.4) is 0 Å². The highest BCUT2D eigenvalue weighted by Gasteiger charge is 2.18. The Labute approximate surface area is 101 Å². The van der Waals surface area contributed by atoms with Crippen LogP contribution in [0, 0.1) is 6.92 Å². The number of aromatic nitrogens is 1. The maximum atomic E-state index is 11.8. The van der Waals surface area contributed by atoms with Crippen molar-refractivity contribution >= 4 is 5.91 Å². The molecule has 0 aliphatic carbocycles. The summed E-state index contributed by atoms with van der Waals surface area (Å²) >= 11 is 0. The average Bonchev–Trinajstić information content (AvgIpc) is 2.31. The molecule has 1 amide bonds. The number of rotatable bonds is 5. The lowest BCUT2D eigenvalue weighted by Crippen LogP contribution is -2.42. The van der Waals surface area contributed by atoms with Crippen molar-refractivity contribution in [2.75, 3.05) is 14.2 Å². The van der Waals surface area contributed by atoms with Gasteiger partial charge >= 0.3 is 0 Å². The molecule has 0 fully saturated rings. The molecule has 1 N–H and O–H groups in total. The van der Waals surface area contributed by atoms with Crippen LogP contribution in [-0.2, 0) is 9.47 Å². The predicted octanol–water partition coefficient (Wildman–Crippen LogP) is 1.13. The molecule has 0 saturated carbocycles. The van der Waals surface area contributed by atoms with E-state index in [2.05, 4.69) is 10.3 Å². The minimum atomic E-state index is -0.461. The van der Waals surface area contributed by atoms with Crippen LogP contribution in [0.1, 0.15) is 23.0 Å². The monoisotopic (exact) mass is 238 g/mol.